The molecule has 0 saturated carbocycles. The van der Waals surface area contributed by atoms with Crippen LogP contribution in [0.25, 0.3) is 0 Å². The van der Waals surface area contributed by atoms with Gasteiger partial charge in [-0.2, -0.15) is 39.5 Å². The molecule has 1 fully saturated rings. The number of alkyl halides is 12. The Morgan fingerprint density at radius 3 is 1.35 bits per heavy atom. The van der Waals surface area contributed by atoms with Crippen LogP contribution in [0, 0.1) is 0 Å². The Hall–Kier alpha value is -0.920. The van der Waals surface area contributed by atoms with E-state index in [1.54, 1.807) is 0 Å². The summed E-state index contributed by atoms with van der Waals surface area (Å²) in [5.41, 5.74) is 0. The lowest BCUT2D eigenvalue weighted by molar-refractivity contribution is -0.491. The van der Waals surface area contributed by atoms with Crippen LogP contribution >= 0.6 is 0 Å². The lowest BCUT2D eigenvalue weighted by Crippen LogP contribution is -2.62. The van der Waals surface area contributed by atoms with Gasteiger partial charge in [-0.1, -0.05) is 0 Å². The van der Waals surface area contributed by atoms with Crippen molar-refractivity contribution in [2.24, 2.45) is 0 Å². The first-order chi connectivity index (χ1) is 8.41. The molecule has 1 heterocycles. The number of halogens is 12. The highest BCUT2D eigenvalue weighted by Crippen LogP contribution is 2.66. The van der Waals surface area contributed by atoms with Crippen molar-refractivity contribution in [1.29, 1.82) is 0 Å². The van der Waals surface area contributed by atoms with E-state index in [1.165, 1.54) is 4.74 Å². The zero-order chi connectivity index (χ0) is 16.4. The summed E-state index contributed by atoms with van der Waals surface area (Å²) in [6.07, 6.45) is -19.1. The summed E-state index contributed by atoms with van der Waals surface area (Å²) in [5.74, 6) is -20.2. The van der Waals surface area contributed by atoms with Gasteiger partial charge < -0.3 is 0 Å². The van der Waals surface area contributed by atoms with Crippen molar-refractivity contribution in [1.82, 2.24) is 0 Å². The SMILES string of the molecule is FC(F)(F)OC(F)(F)C(F)(F)C(F)(F)C1(F)OC1(F)F. The van der Waals surface area contributed by atoms with Gasteiger partial charge in [0.05, 0.1) is 0 Å². The lowest BCUT2D eigenvalue weighted by Gasteiger charge is -2.32. The van der Waals surface area contributed by atoms with E-state index in [0.717, 1.165) is 0 Å². The van der Waals surface area contributed by atoms with Crippen molar-refractivity contribution >= 4 is 0 Å². The fourth-order valence-electron chi connectivity index (χ4n) is 0.992. The maximum atomic E-state index is 12.7. The van der Waals surface area contributed by atoms with Crippen LogP contribution in [0.3, 0.4) is 0 Å². The van der Waals surface area contributed by atoms with E-state index in [-0.39, 0.29) is 0 Å². The molecule has 0 bridgehead atoms. The van der Waals surface area contributed by atoms with Gasteiger partial charge in [-0.3, -0.25) is 4.74 Å². The average Bonchev–Trinajstić information content (AvgIpc) is 2.62. The molecule has 0 aromatic rings. The average molecular weight is 332 g/mol. The molecule has 1 atom stereocenters. The van der Waals surface area contributed by atoms with E-state index in [2.05, 4.69) is 4.74 Å². The van der Waals surface area contributed by atoms with Crippen LogP contribution in [0.1, 0.15) is 0 Å². The first-order valence-electron chi connectivity index (χ1n) is 4.08. The zero-order valence-electron chi connectivity index (χ0n) is 8.35. The summed E-state index contributed by atoms with van der Waals surface area (Å²) < 4.78 is 150. The Balaban J connectivity index is 3.16. The fourth-order valence-corrected chi connectivity index (χ4v) is 0.992. The van der Waals surface area contributed by atoms with Gasteiger partial charge >= 0.3 is 36.3 Å². The van der Waals surface area contributed by atoms with E-state index < -0.39 is 36.3 Å². The number of hydrogen-bond acceptors (Lipinski definition) is 2. The molecule has 14 heteroatoms. The molecule has 0 amide bonds. The molecular weight excluding hydrogens is 332 g/mol. The van der Waals surface area contributed by atoms with Crippen molar-refractivity contribution in [3.63, 3.8) is 0 Å². The number of ether oxygens (including phenoxy) is 2. The van der Waals surface area contributed by atoms with Crippen LogP contribution < -0.4 is 0 Å². The molecule has 0 spiro atoms. The molecule has 0 N–H and O–H groups in total. The molecule has 0 aliphatic carbocycles. The minimum atomic E-state index is -7.29. The van der Waals surface area contributed by atoms with Crippen molar-refractivity contribution in [3.05, 3.63) is 0 Å². The molecule has 1 aliphatic rings. The normalized spacial score (nSPS) is 27.6. The predicted molar refractivity (Wildman–Crippen MR) is 31.9 cm³/mol. The molecule has 120 valence electrons. The molecule has 2 nitrogen and oxygen atoms in total. The van der Waals surface area contributed by atoms with Gasteiger partial charge in [0.15, 0.2) is 0 Å². The van der Waals surface area contributed by atoms with Gasteiger partial charge in [0.25, 0.3) is 0 Å². The van der Waals surface area contributed by atoms with Crippen LogP contribution in [0.4, 0.5) is 52.7 Å². The Labute approximate surface area is 99.8 Å². The monoisotopic (exact) mass is 332 g/mol. The predicted octanol–water partition coefficient (Wildman–Crippen LogP) is 3.67. The maximum Gasteiger partial charge on any atom is 0.527 e. The summed E-state index contributed by atoms with van der Waals surface area (Å²) in [6.45, 7) is 0. The van der Waals surface area contributed by atoms with Crippen LogP contribution in [0.5, 0.6) is 0 Å². The molecule has 1 unspecified atom stereocenters. The second kappa shape index (κ2) is 3.84. The summed E-state index contributed by atoms with van der Waals surface area (Å²) >= 11 is 0. The molecule has 0 aromatic carbocycles. The molecule has 1 saturated heterocycles. The quantitative estimate of drug-likeness (QED) is 0.579. The smallest absolute Gasteiger partial charge is 0.265 e. The van der Waals surface area contributed by atoms with E-state index in [4.69, 9.17) is 0 Å². The highest BCUT2D eigenvalue weighted by molar-refractivity contribution is 5.12. The van der Waals surface area contributed by atoms with E-state index in [1.807, 2.05) is 0 Å². The third-order valence-electron chi connectivity index (χ3n) is 2.01. The Morgan fingerprint density at radius 1 is 0.750 bits per heavy atom. The topological polar surface area (TPSA) is 21.8 Å². The minimum Gasteiger partial charge on any atom is -0.265 e. The largest absolute Gasteiger partial charge is 0.527 e. The van der Waals surface area contributed by atoms with Crippen molar-refractivity contribution in [2.45, 2.75) is 36.3 Å². The van der Waals surface area contributed by atoms with Crippen LogP contribution in [0.15, 0.2) is 0 Å². The first kappa shape index (κ1) is 17.1. The Kier molecular flexibility index (Phi) is 3.29. The highest BCUT2D eigenvalue weighted by atomic mass is 19.4. The molecule has 0 aromatic heterocycles. The van der Waals surface area contributed by atoms with Crippen LogP contribution in [-0.4, -0.2) is 36.3 Å². The molecule has 1 rings (SSSR count). The van der Waals surface area contributed by atoms with E-state index in [0.29, 0.717) is 0 Å². The zero-order valence-corrected chi connectivity index (χ0v) is 8.35. The molecule has 1 aliphatic heterocycles. The second-order valence-electron chi connectivity index (χ2n) is 3.43. The standard InChI is InChI=1S/C6F12O2/c7-1(8,3(11)5(14,15)19-3)2(9,10)4(12,13)20-6(16,17)18. The van der Waals surface area contributed by atoms with E-state index in [9.17, 15) is 52.7 Å². The lowest BCUT2D eigenvalue weighted by atomic mass is 10.1. The third-order valence-corrected chi connectivity index (χ3v) is 2.01. The highest BCUT2D eigenvalue weighted by Gasteiger charge is 2.97. The van der Waals surface area contributed by atoms with Crippen molar-refractivity contribution in [3.8, 4) is 0 Å². The van der Waals surface area contributed by atoms with Crippen molar-refractivity contribution in [2.75, 3.05) is 0 Å². The summed E-state index contributed by atoms with van der Waals surface area (Å²) in [5, 5.41) is 0. The second-order valence-corrected chi connectivity index (χ2v) is 3.43. The molecular formula is C6F12O2. The van der Waals surface area contributed by atoms with Gasteiger partial charge in [0.2, 0.25) is 0 Å². The maximum absolute atomic E-state index is 12.7. The van der Waals surface area contributed by atoms with Crippen LogP contribution in [0.2, 0.25) is 0 Å². The Bertz CT molecular complexity index is 399. The summed E-state index contributed by atoms with van der Waals surface area (Å²) in [7, 11) is 0. The first-order valence-corrected chi connectivity index (χ1v) is 4.08. The Morgan fingerprint density at radius 2 is 1.10 bits per heavy atom. The van der Waals surface area contributed by atoms with Crippen molar-refractivity contribution < 1.29 is 62.2 Å². The van der Waals surface area contributed by atoms with Crippen LogP contribution in [-0.2, 0) is 9.47 Å². The summed E-state index contributed by atoms with van der Waals surface area (Å²) in [6, 6.07) is 0. The van der Waals surface area contributed by atoms with Gasteiger partial charge in [-0.15, -0.1) is 13.2 Å². The third kappa shape index (κ3) is 2.17. The number of hydrogen-bond donors (Lipinski definition) is 0. The van der Waals surface area contributed by atoms with Gasteiger partial charge in [-0.25, -0.2) is 4.74 Å². The number of epoxide rings is 1. The van der Waals surface area contributed by atoms with E-state index >= 15 is 0 Å². The van der Waals surface area contributed by atoms with Gasteiger partial charge in [0.1, 0.15) is 0 Å². The van der Waals surface area contributed by atoms with Gasteiger partial charge in [0, 0.05) is 0 Å². The molecule has 0 radical (unpaired) electrons. The number of rotatable bonds is 4. The summed E-state index contributed by atoms with van der Waals surface area (Å²) in [4.78, 5) is 0. The molecule has 20 heavy (non-hydrogen) atoms. The minimum absolute atomic E-state index is 1.44. The fraction of sp³-hybridized carbons (Fsp3) is 1.00. The van der Waals surface area contributed by atoms with Gasteiger partial charge in [-0.05, 0) is 0 Å².